The van der Waals surface area contributed by atoms with Crippen LogP contribution >= 0.6 is 11.3 Å². The third kappa shape index (κ3) is 4.09. The Kier molecular flexibility index (Phi) is 5.39. The van der Waals surface area contributed by atoms with Crippen LogP contribution in [0.1, 0.15) is 25.3 Å². The molecule has 0 bridgehead atoms. The smallest absolute Gasteiger partial charge is 0.220 e. The first-order valence-electron chi connectivity index (χ1n) is 8.13. The van der Waals surface area contributed by atoms with Gasteiger partial charge in [-0.15, -0.1) is 11.3 Å². The van der Waals surface area contributed by atoms with Gasteiger partial charge < -0.3 is 5.32 Å². The van der Waals surface area contributed by atoms with Crippen molar-refractivity contribution in [3.8, 4) is 21.8 Å². The van der Waals surface area contributed by atoms with E-state index in [4.69, 9.17) is 4.98 Å². The van der Waals surface area contributed by atoms with Crippen molar-refractivity contribution >= 4 is 17.2 Å². The minimum absolute atomic E-state index is 0.100. The molecule has 3 nitrogen and oxygen atoms in total. The second-order valence-electron chi connectivity index (χ2n) is 5.63. The molecule has 0 saturated heterocycles. The highest BCUT2D eigenvalue weighted by atomic mass is 32.1. The third-order valence-electron chi connectivity index (χ3n) is 3.71. The van der Waals surface area contributed by atoms with Gasteiger partial charge in [0.1, 0.15) is 5.01 Å². The first-order chi connectivity index (χ1) is 11.8. The SMILES string of the molecule is CCCC(=O)NCc1cccc(-c2nc(-c3ccccc3)cs2)c1. The van der Waals surface area contributed by atoms with E-state index in [1.165, 1.54) is 0 Å². The molecule has 0 radical (unpaired) electrons. The Morgan fingerprint density at radius 2 is 1.88 bits per heavy atom. The molecule has 0 saturated carbocycles. The van der Waals surface area contributed by atoms with Crippen molar-refractivity contribution in [2.75, 3.05) is 0 Å². The van der Waals surface area contributed by atoms with Crippen LogP contribution in [-0.4, -0.2) is 10.9 Å². The van der Waals surface area contributed by atoms with Crippen molar-refractivity contribution in [2.45, 2.75) is 26.3 Å². The summed E-state index contributed by atoms with van der Waals surface area (Å²) < 4.78 is 0. The molecule has 3 rings (SSSR count). The highest BCUT2D eigenvalue weighted by Gasteiger charge is 2.07. The second-order valence-corrected chi connectivity index (χ2v) is 6.49. The topological polar surface area (TPSA) is 42.0 Å². The summed E-state index contributed by atoms with van der Waals surface area (Å²) in [5.41, 5.74) is 4.30. The summed E-state index contributed by atoms with van der Waals surface area (Å²) in [6.45, 7) is 2.57. The van der Waals surface area contributed by atoms with Crippen molar-refractivity contribution in [1.82, 2.24) is 10.3 Å². The molecule has 0 unspecified atom stereocenters. The molecule has 2 aromatic carbocycles. The molecule has 4 heteroatoms. The monoisotopic (exact) mass is 336 g/mol. The van der Waals surface area contributed by atoms with Gasteiger partial charge in [-0.25, -0.2) is 4.98 Å². The highest BCUT2D eigenvalue weighted by molar-refractivity contribution is 7.13. The molecule has 122 valence electrons. The largest absolute Gasteiger partial charge is 0.352 e. The fourth-order valence-electron chi connectivity index (χ4n) is 2.48. The van der Waals surface area contributed by atoms with Crippen LogP contribution < -0.4 is 5.32 Å². The summed E-state index contributed by atoms with van der Waals surface area (Å²) in [5, 5.41) is 6.03. The first-order valence-corrected chi connectivity index (χ1v) is 9.01. The van der Waals surface area contributed by atoms with E-state index in [9.17, 15) is 4.79 Å². The Hall–Kier alpha value is -2.46. The first kappa shape index (κ1) is 16.4. The van der Waals surface area contributed by atoms with Crippen molar-refractivity contribution < 1.29 is 4.79 Å². The normalized spacial score (nSPS) is 10.5. The van der Waals surface area contributed by atoms with Crippen LogP contribution in [0.5, 0.6) is 0 Å². The summed E-state index contributed by atoms with van der Waals surface area (Å²) in [6.07, 6.45) is 1.44. The lowest BCUT2D eigenvalue weighted by atomic mass is 10.1. The Morgan fingerprint density at radius 3 is 2.67 bits per heavy atom. The molecule has 0 aliphatic rings. The number of amides is 1. The number of benzene rings is 2. The number of nitrogens with zero attached hydrogens (tertiary/aromatic N) is 1. The van der Waals surface area contributed by atoms with Crippen molar-refractivity contribution in [1.29, 1.82) is 0 Å². The molecule has 1 amide bonds. The summed E-state index contributed by atoms with van der Waals surface area (Å²) >= 11 is 1.64. The predicted molar refractivity (Wildman–Crippen MR) is 99.7 cm³/mol. The zero-order chi connectivity index (χ0) is 16.8. The average Bonchev–Trinajstić information content (AvgIpc) is 3.11. The summed E-state index contributed by atoms with van der Waals surface area (Å²) in [6, 6.07) is 18.4. The van der Waals surface area contributed by atoms with E-state index < -0.39 is 0 Å². The van der Waals surface area contributed by atoms with Gasteiger partial charge in [-0.1, -0.05) is 55.5 Å². The van der Waals surface area contributed by atoms with Gasteiger partial charge in [-0.2, -0.15) is 0 Å². The number of hydrogen-bond donors (Lipinski definition) is 1. The Balaban J connectivity index is 1.75. The number of hydrogen-bond acceptors (Lipinski definition) is 3. The number of rotatable bonds is 6. The number of nitrogens with one attached hydrogen (secondary N) is 1. The van der Waals surface area contributed by atoms with Crippen molar-refractivity contribution in [2.24, 2.45) is 0 Å². The van der Waals surface area contributed by atoms with E-state index in [0.717, 1.165) is 33.8 Å². The van der Waals surface area contributed by atoms with Gasteiger partial charge in [0.25, 0.3) is 0 Å². The van der Waals surface area contributed by atoms with E-state index in [1.54, 1.807) is 11.3 Å². The maximum Gasteiger partial charge on any atom is 0.220 e. The van der Waals surface area contributed by atoms with Crippen LogP contribution in [0.3, 0.4) is 0 Å². The molecule has 24 heavy (non-hydrogen) atoms. The summed E-state index contributed by atoms with van der Waals surface area (Å²) in [4.78, 5) is 16.4. The van der Waals surface area contributed by atoms with Crippen LogP contribution in [0, 0.1) is 0 Å². The van der Waals surface area contributed by atoms with E-state index in [1.807, 2.05) is 37.3 Å². The standard InChI is InChI=1S/C20H20N2OS/c1-2-7-19(23)21-13-15-8-6-11-17(12-15)20-22-18(14-24-20)16-9-4-3-5-10-16/h3-6,8-12,14H,2,7,13H2,1H3,(H,21,23). The molecule has 1 aromatic heterocycles. The van der Waals surface area contributed by atoms with E-state index >= 15 is 0 Å². The maximum absolute atomic E-state index is 11.6. The average molecular weight is 336 g/mol. The van der Waals surface area contributed by atoms with Crippen molar-refractivity contribution in [3.05, 3.63) is 65.5 Å². The Bertz CT molecular complexity index is 811. The third-order valence-corrected chi connectivity index (χ3v) is 4.61. The van der Waals surface area contributed by atoms with Gasteiger partial charge in [0, 0.05) is 29.5 Å². The zero-order valence-corrected chi connectivity index (χ0v) is 14.5. The maximum atomic E-state index is 11.6. The molecular formula is C20H20N2OS. The molecule has 0 fully saturated rings. The molecule has 1 heterocycles. The summed E-state index contributed by atoms with van der Waals surface area (Å²) in [7, 11) is 0. The fraction of sp³-hybridized carbons (Fsp3) is 0.200. The van der Waals surface area contributed by atoms with Gasteiger partial charge in [-0.05, 0) is 18.1 Å². The summed E-state index contributed by atoms with van der Waals surface area (Å²) in [5.74, 6) is 0.100. The van der Waals surface area contributed by atoms with Crippen LogP contribution in [0.4, 0.5) is 0 Å². The lowest BCUT2D eigenvalue weighted by Crippen LogP contribution is -2.21. The van der Waals surface area contributed by atoms with Crippen molar-refractivity contribution in [3.63, 3.8) is 0 Å². The van der Waals surface area contributed by atoms with Gasteiger partial charge in [-0.3, -0.25) is 4.79 Å². The van der Waals surface area contributed by atoms with Crippen LogP contribution in [0.15, 0.2) is 60.0 Å². The molecule has 0 atom stereocenters. The molecule has 0 aliphatic carbocycles. The molecule has 1 N–H and O–H groups in total. The van der Waals surface area contributed by atoms with Crippen LogP contribution in [0.25, 0.3) is 21.8 Å². The van der Waals surface area contributed by atoms with Gasteiger partial charge in [0.15, 0.2) is 0 Å². The quantitative estimate of drug-likeness (QED) is 0.696. The minimum Gasteiger partial charge on any atom is -0.352 e. The lowest BCUT2D eigenvalue weighted by molar-refractivity contribution is -0.121. The molecule has 3 aromatic rings. The van der Waals surface area contributed by atoms with E-state index in [-0.39, 0.29) is 5.91 Å². The zero-order valence-electron chi connectivity index (χ0n) is 13.7. The van der Waals surface area contributed by atoms with Gasteiger partial charge >= 0.3 is 0 Å². The lowest BCUT2D eigenvalue weighted by Gasteiger charge is -2.06. The van der Waals surface area contributed by atoms with Crippen LogP contribution in [-0.2, 0) is 11.3 Å². The number of aromatic nitrogens is 1. The van der Waals surface area contributed by atoms with Crippen LogP contribution in [0.2, 0.25) is 0 Å². The fourth-order valence-corrected chi connectivity index (χ4v) is 3.30. The number of carbonyl (C=O) groups is 1. The Labute approximate surface area is 146 Å². The minimum atomic E-state index is 0.100. The number of carbonyl (C=O) groups excluding carboxylic acids is 1. The number of thiazole rings is 1. The van der Waals surface area contributed by atoms with Gasteiger partial charge in [0.2, 0.25) is 5.91 Å². The highest BCUT2D eigenvalue weighted by Crippen LogP contribution is 2.29. The molecule has 0 aliphatic heterocycles. The molecular weight excluding hydrogens is 316 g/mol. The Morgan fingerprint density at radius 1 is 1.08 bits per heavy atom. The van der Waals surface area contributed by atoms with E-state index in [2.05, 4.69) is 35.0 Å². The van der Waals surface area contributed by atoms with Gasteiger partial charge in [0.05, 0.1) is 5.69 Å². The second kappa shape index (κ2) is 7.88. The molecule has 0 spiro atoms. The van der Waals surface area contributed by atoms with E-state index in [0.29, 0.717) is 13.0 Å². The predicted octanol–water partition coefficient (Wildman–Crippen LogP) is 4.89.